The predicted octanol–water partition coefficient (Wildman–Crippen LogP) is 4.20. The maximum atomic E-state index is 14.9. The molecule has 1 unspecified atom stereocenters. The number of urea groups is 1. The molecule has 1 atom stereocenters. The fourth-order valence-corrected chi connectivity index (χ4v) is 4.30. The number of anilines is 2. The number of nitrogens with one attached hydrogen (secondary N) is 2. The normalized spacial score (nSPS) is 14.7. The Morgan fingerprint density at radius 2 is 1.67 bits per heavy atom. The maximum Gasteiger partial charge on any atom is 0.325 e. The van der Waals surface area contributed by atoms with Crippen LogP contribution < -0.4 is 21.3 Å². The highest BCUT2D eigenvalue weighted by atomic mass is 19.1. The van der Waals surface area contributed by atoms with Crippen molar-refractivity contribution in [3.8, 4) is 0 Å². The molecule has 4 rings (SSSR count). The molecule has 0 aliphatic carbocycles. The highest BCUT2D eigenvalue weighted by Gasteiger charge is 2.34. The molecule has 1 aliphatic rings. The molecule has 0 saturated carbocycles. The molecule has 0 saturated heterocycles. The third-order valence-corrected chi connectivity index (χ3v) is 6.57. The Morgan fingerprint density at radius 3 is 2.33 bits per heavy atom. The number of carbonyl (C=O) groups is 3. The van der Waals surface area contributed by atoms with E-state index in [-0.39, 0.29) is 35.9 Å². The van der Waals surface area contributed by atoms with Crippen LogP contribution in [0.5, 0.6) is 0 Å². The molecule has 204 valence electrons. The van der Waals surface area contributed by atoms with E-state index in [9.17, 15) is 31.9 Å². The first-order valence-corrected chi connectivity index (χ1v) is 11.9. The van der Waals surface area contributed by atoms with Gasteiger partial charge in [-0.2, -0.15) is 0 Å². The van der Waals surface area contributed by atoms with Crippen LogP contribution in [0.1, 0.15) is 40.0 Å². The first-order valence-electron chi connectivity index (χ1n) is 11.9. The summed E-state index contributed by atoms with van der Waals surface area (Å²) in [6.07, 6.45) is 0. The van der Waals surface area contributed by atoms with Crippen molar-refractivity contribution in [2.24, 2.45) is 5.73 Å². The highest BCUT2D eigenvalue weighted by Crippen LogP contribution is 2.38. The lowest BCUT2D eigenvalue weighted by molar-refractivity contribution is -0.114. The zero-order valence-electron chi connectivity index (χ0n) is 21.0. The van der Waals surface area contributed by atoms with Crippen molar-refractivity contribution in [3.05, 3.63) is 94.1 Å². The summed E-state index contributed by atoms with van der Waals surface area (Å²) in [7, 11) is 1.58. The fraction of sp³-hybridized carbons (Fsp3) is 0.222. The van der Waals surface area contributed by atoms with E-state index in [2.05, 4.69) is 10.6 Å². The fourth-order valence-electron chi connectivity index (χ4n) is 4.30. The van der Waals surface area contributed by atoms with Crippen LogP contribution in [-0.4, -0.2) is 36.3 Å². The van der Waals surface area contributed by atoms with Crippen LogP contribution in [0.25, 0.3) is 0 Å². The van der Waals surface area contributed by atoms with Crippen LogP contribution in [0.2, 0.25) is 0 Å². The zero-order valence-corrected chi connectivity index (χ0v) is 21.0. The van der Waals surface area contributed by atoms with E-state index in [0.717, 1.165) is 0 Å². The van der Waals surface area contributed by atoms with Gasteiger partial charge in [-0.3, -0.25) is 14.5 Å². The summed E-state index contributed by atoms with van der Waals surface area (Å²) < 4.78 is 56.1. The van der Waals surface area contributed by atoms with Crippen molar-refractivity contribution in [3.63, 3.8) is 0 Å². The Bertz CT molecular complexity index is 1440. The molecule has 8 nitrogen and oxygen atoms in total. The lowest BCUT2D eigenvalue weighted by Gasteiger charge is -2.40. The highest BCUT2D eigenvalue weighted by molar-refractivity contribution is 6.00. The van der Waals surface area contributed by atoms with Gasteiger partial charge in [0, 0.05) is 48.1 Å². The van der Waals surface area contributed by atoms with Crippen molar-refractivity contribution in [1.82, 2.24) is 10.2 Å². The zero-order chi connectivity index (χ0) is 28.4. The molecule has 1 heterocycles. The minimum atomic E-state index is -1.14. The van der Waals surface area contributed by atoms with Crippen LogP contribution in [0.3, 0.4) is 0 Å². The molecule has 0 spiro atoms. The molecule has 3 aromatic rings. The summed E-state index contributed by atoms with van der Waals surface area (Å²) in [6, 6.07) is 8.75. The quantitative estimate of drug-likeness (QED) is 0.388. The van der Waals surface area contributed by atoms with Gasteiger partial charge in [0.05, 0.1) is 24.8 Å². The van der Waals surface area contributed by atoms with Crippen molar-refractivity contribution in [2.75, 3.05) is 23.8 Å². The Labute approximate surface area is 221 Å². The number of nitrogens with two attached hydrogens (primary N) is 1. The van der Waals surface area contributed by atoms with Gasteiger partial charge in [-0.25, -0.2) is 22.4 Å². The summed E-state index contributed by atoms with van der Waals surface area (Å²) in [5, 5.41) is 4.91. The van der Waals surface area contributed by atoms with Gasteiger partial charge in [-0.05, 0) is 36.8 Å². The summed E-state index contributed by atoms with van der Waals surface area (Å²) >= 11 is 0. The number of carbonyl (C=O) groups excluding carboxylic acids is 3. The molecular weight excluding hydrogens is 518 g/mol. The minimum absolute atomic E-state index is 0.0265. The molecule has 3 aromatic carbocycles. The molecule has 39 heavy (non-hydrogen) atoms. The van der Waals surface area contributed by atoms with Gasteiger partial charge in [0.1, 0.15) is 23.3 Å². The molecule has 0 bridgehead atoms. The van der Waals surface area contributed by atoms with Gasteiger partial charge in [0.2, 0.25) is 5.91 Å². The topological polar surface area (TPSA) is 108 Å². The van der Waals surface area contributed by atoms with E-state index >= 15 is 0 Å². The molecule has 4 amide bonds. The standard InChI is InChI=1S/C27H25F4N5O3/c1-14-17-7-6-15(26(38)33-12-18-21(30)9-16(28)10-22(18)31)8-24(17)36(27(39)35(14)2)13-19-20(29)4-3-5-23(19)34-25(37)11-32/h3-10,14H,11-13,32H2,1-2H3,(H,33,38)(H,34,37). The smallest absolute Gasteiger partial charge is 0.325 e. The van der Waals surface area contributed by atoms with Crippen molar-refractivity contribution >= 4 is 29.2 Å². The van der Waals surface area contributed by atoms with Crippen LogP contribution in [-0.2, 0) is 17.9 Å². The van der Waals surface area contributed by atoms with Crippen molar-refractivity contribution in [1.29, 1.82) is 0 Å². The van der Waals surface area contributed by atoms with Crippen LogP contribution in [0, 0.1) is 23.3 Å². The number of benzene rings is 3. The largest absolute Gasteiger partial charge is 0.348 e. The Balaban J connectivity index is 1.67. The molecule has 4 N–H and O–H groups in total. The van der Waals surface area contributed by atoms with E-state index in [1.807, 2.05) is 0 Å². The second-order valence-corrected chi connectivity index (χ2v) is 8.98. The average Bonchev–Trinajstić information content (AvgIpc) is 2.90. The second kappa shape index (κ2) is 11.1. The van der Waals surface area contributed by atoms with Crippen LogP contribution >= 0.6 is 0 Å². The van der Waals surface area contributed by atoms with Gasteiger partial charge < -0.3 is 21.3 Å². The number of amides is 4. The van der Waals surface area contributed by atoms with Crippen molar-refractivity contribution < 1.29 is 31.9 Å². The first-order chi connectivity index (χ1) is 18.5. The first kappa shape index (κ1) is 27.6. The number of hydrogen-bond donors (Lipinski definition) is 3. The van der Waals surface area contributed by atoms with E-state index < -0.39 is 53.2 Å². The Morgan fingerprint density at radius 1 is 0.974 bits per heavy atom. The predicted molar refractivity (Wildman–Crippen MR) is 136 cm³/mol. The van der Waals surface area contributed by atoms with Crippen LogP contribution in [0.4, 0.5) is 33.7 Å². The molecule has 0 radical (unpaired) electrons. The van der Waals surface area contributed by atoms with Gasteiger partial charge >= 0.3 is 6.03 Å². The van der Waals surface area contributed by atoms with E-state index in [0.29, 0.717) is 23.4 Å². The SMILES string of the molecule is CC1c2ccc(C(=O)NCc3c(F)cc(F)cc3F)cc2N(Cc2c(F)cccc2NC(=O)CN)C(=O)N1C. The van der Waals surface area contributed by atoms with E-state index in [4.69, 9.17) is 5.73 Å². The summed E-state index contributed by atoms with van der Waals surface area (Å²) in [6.45, 7) is 0.623. The molecule has 1 aliphatic heterocycles. The summed E-state index contributed by atoms with van der Waals surface area (Å²) in [4.78, 5) is 40.8. The molecule has 0 aromatic heterocycles. The number of halogens is 4. The average molecular weight is 544 g/mol. The Kier molecular flexibility index (Phi) is 7.86. The van der Waals surface area contributed by atoms with Crippen molar-refractivity contribution in [2.45, 2.75) is 26.1 Å². The number of hydrogen-bond acceptors (Lipinski definition) is 4. The summed E-state index contributed by atoms with van der Waals surface area (Å²) in [5.74, 6) is -5.30. The van der Waals surface area contributed by atoms with E-state index in [1.54, 1.807) is 20.0 Å². The lowest BCUT2D eigenvalue weighted by atomic mass is 9.98. The lowest BCUT2D eigenvalue weighted by Crippen LogP contribution is -2.47. The van der Waals surface area contributed by atoms with Gasteiger partial charge in [-0.15, -0.1) is 0 Å². The van der Waals surface area contributed by atoms with Crippen LogP contribution in [0.15, 0.2) is 48.5 Å². The monoisotopic (exact) mass is 543 g/mol. The number of rotatable bonds is 7. The summed E-state index contributed by atoms with van der Waals surface area (Å²) in [5.41, 5.74) is 6.06. The Hall–Kier alpha value is -4.45. The molecule has 0 fully saturated rings. The van der Waals surface area contributed by atoms with E-state index in [1.165, 1.54) is 40.1 Å². The third-order valence-electron chi connectivity index (χ3n) is 6.57. The maximum absolute atomic E-state index is 14.9. The third kappa shape index (κ3) is 5.55. The molecular formula is C27H25F4N5O3. The molecule has 12 heteroatoms. The minimum Gasteiger partial charge on any atom is -0.348 e. The van der Waals surface area contributed by atoms with Gasteiger partial charge in [0.15, 0.2) is 0 Å². The second-order valence-electron chi connectivity index (χ2n) is 8.98. The number of nitrogens with zero attached hydrogens (tertiary/aromatic N) is 2. The van der Waals surface area contributed by atoms with Gasteiger partial charge in [-0.1, -0.05) is 12.1 Å². The van der Waals surface area contributed by atoms with Gasteiger partial charge in [0.25, 0.3) is 5.91 Å². The number of fused-ring (bicyclic) bond motifs is 1.